The van der Waals surface area contributed by atoms with Crippen LogP contribution < -0.4 is 5.32 Å². The molecular weight excluding hydrogens is 225 g/mol. The highest BCUT2D eigenvalue weighted by Gasteiger charge is 2.08. The van der Waals surface area contributed by atoms with Crippen molar-refractivity contribution in [3.8, 4) is 0 Å². The number of hydrogen-bond donors (Lipinski definition) is 1. The van der Waals surface area contributed by atoms with Crippen molar-refractivity contribution in [1.29, 1.82) is 0 Å². The van der Waals surface area contributed by atoms with Gasteiger partial charge < -0.3 is 5.32 Å². The Morgan fingerprint density at radius 2 is 2.00 bits per heavy atom. The third kappa shape index (κ3) is 4.50. The quantitative estimate of drug-likeness (QED) is 0.832. The molecule has 1 N–H and O–H groups in total. The molecule has 1 atom stereocenters. The van der Waals surface area contributed by atoms with Crippen LogP contribution in [0.3, 0.4) is 0 Å². The Kier molecular flexibility index (Phi) is 5.23. The molecule has 1 nitrogen and oxygen atoms in total. The fourth-order valence-corrected chi connectivity index (χ4v) is 1.73. The standard InChI is InChI=1S/C13H19ClFN/c1-9(2)16-8-10(3)6-11-4-5-12(14)7-13(11)15/h4-5,7,9-10,16H,6,8H2,1-3H3. The van der Waals surface area contributed by atoms with Crippen LogP contribution in [0.2, 0.25) is 5.02 Å². The SMILES string of the molecule is CC(CNC(C)C)Cc1ccc(Cl)cc1F. The largest absolute Gasteiger partial charge is 0.314 e. The van der Waals surface area contributed by atoms with Crippen LogP contribution in [0.15, 0.2) is 18.2 Å². The Labute approximate surface area is 102 Å². The van der Waals surface area contributed by atoms with E-state index in [4.69, 9.17) is 11.6 Å². The summed E-state index contributed by atoms with van der Waals surface area (Å²) in [4.78, 5) is 0. The molecule has 0 bridgehead atoms. The summed E-state index contributed by atoms with van der Waals surface area (Å²) in [6.45, 7) is 7.23. The van der Waals surface area contributed by atoms with Gasteiger partial charge in [0.25, 0.3) is 0 Å². The van der Waals surface area contributed by atoms with Crippen LogP contribution in [0.5, 0.6) is 0 Å². The van der Waals surface area contributed by atoms with Gasteiger partial charge in [-0.1, -0.05) is 38.4 Å². The normalized spacial score (nSPS) is 13.1. The molecule has 0 aliphatic rings. The maximum Gasteiger partial charge on any atom is 0.127 e. The van der Waals surface area contributed by atoms with E-state index < -0.39 is 0 Å². The predicted molar refractivity (Wildman–Crippen MR) is 67.4 cm³/mol. The minimum absolute atomic E-state index is 0.205. The zero-order valence-corrected chi connectivity index (χ0v) is 10.8. The van der Waals surface area contributed by atoms with Crippen molar-refractivity contribution >= 4 is 11.6 Å². The molecule has 1 unspecified atom stereocenters. The van der Waals surface area contributed by atoms with Gasteiger partial charge in [-0.05, 0) is 36.6 Å². The Morgan fingerprint density at radius 3 is 2.56 bits per heavy atom. The first-order valence-electron chi connectivity index (χ1n) is 5.66. The highest BCUT2D eigenvalue weighted by Crippen LogP contribution is 2.17. The summed E-state index contributed by atoms with van der Waals surface area (Å²) in [5.41, 5.74) is 0.738. The van der Waals surface area contributed by atoms with Crippen LogP contribution in [-0.2, 0) is 6.42 Å². The van der Waals surface area contributed by atoms with Crippen LogP contribution in [0.1, 0.15) is 26.3 Å². The van der Waals surface area contributed by atoms with Gasteiger partial charge in [0.15, 0.2) is 0 Å². The van der Waals surface area contributed by atoms with Crippen molar-refractivity contribution in [1.82, 2.24) is 5.32 Å². The lowest BCUT2D eigenvalue weighted by Gasteiger charge is -2.15. The highest BCUT2D eigenvalue weighted by molar-refractivity contribution is 6.30. The molecule has 0 saturated heterocycles. The third-order valence-electron chi connectivity index (χ3n) is 2.46. The maximum atomic E-state index is 13.5. The van der Waals surface area contributed by atoms with Gasteiger partial charge in [0.1, 0.15) is 5.82 Å². The van der Waals surface area contributed by atoms with Gasteiger partial charge in [-0.2, -0.15) is 0 Å². The van der Waals surface area contributed by atoms with E-state index in [2.05, 4.69) is 26.1 Å². The van der Waals surface area contributed by atoms with Crippen molar-refractivity contribution < 1.29 is 4.39 Å². The smallest absolute Gasteiger partial charge is 0.127 e. The van der Waals surface area contributed by atoms with Crippen molar-refractivity contribution in [2.45, 2.75) is 33.2 Å². The second-order valence-corrected chi connectivity index (χ2v) is 5.04. The van der Waals surface area contributed by atoms with Crippen molar-refractivity contribution in [3.05, 3.63) is 34.6 Å². The molecule has 1 aromatic rings. The molecule has 0 aliphatic heterocycles. The Balaban J connectivity index is 2.52. The fourth-order valence-electron chi connectivity index (χ4n) is 1.57. The Bertz CT molecular complexity index is 339. The molecule has 0 amide bonds. The van der Waals surface area contributed by atoms with Crippen molar-refractivity contribution in [2.24, 2.45) is 5.92 Å². The fraction of sp³-hybridized carbons (Fsp3) is 0.538. The van der Waals surface area contributed by atoms with Gasteiger partial charge in [-0.3, -0.25) is 0 Å². The summed E-state index contributed by atoms with van der Waals surface area (Å²) in [6.07, 6.45) is 0.739. The summed E-state index contributed by atoms with van der Waals surface area (Å²) in [5.74, 6) is 0.210. The van der Waals surface area contributed by atoms with E-state index in [1.807, 2.05) is 0 Å². The summed E-state index contributed by atoms with van der Waals surface area (Å²) >= 11 is 5.70. The van der Waals surface area contributed by atoms with Crippen LogP contribution in [-0.4, -0.2) is 12.6 Å². The van der Waals surface area contributed by atoms with E-state index in [0.717, 1.165) is 18.5 Å². The molecule has 0 aliphatic carbocycles. The molecule has 1 rings (SSSR count). The average Bonchev–Trinajstić information content (AvgIpc) is 2.19. The zero-order chi connectivity index (χ0) is 12.1. The van der Waals surface area contributed by atoms with E-state index in [0.29, 0.717) is 17.0 Å². The van der Waals surface area contributed by atoms with E-state index in [1.54, 1.807) is 12.1 Å². The molecule has 16 heavy (non-hydrogen) atoms. The Hall–Kier alpha value is -0.600. The van der Waals surface area contributed by atoms with Crippen molar-refractivity contribution in [2.75, 3.05) is 6.54 Å². The minimum atomic E-state index is -0.205. The Morgan fingerprint density at radius 1 is 1.31 bits per heavy atom. The summed E-state index contributed by atoms with van der Waals surface area (Å²) in [7, 11) is 0. The van der Waals surface area contributed by atoms with E-state index >= 15 is 0 Å². The van der Waals surface area contributed by atoms with Gasteiger partial charge in [-0.25, -0.2) is 4.39 Å². The van der Waals surface area contributed by atoms with E-state index in [9.17, 15) is 4.39 Å². The molecule has 0 aromatic heterocycles. The molecule has 90 valence electrons. The lowest BCUT2D eigenvalue weighted by molar-refractivity contribution is 0.468. The first-order valence-corrected chi connectivity index (χ1v) is 6.04. The molecule has 0 fully saturated rings. The number of halogens is 2. The van der Waals surface area contributed by atoms with Gasteiger partial charge in [0, 0.05) is 11.1 Å². The minimum Gasteiger partial charge on any atom is -0.314 e. The lowest BCUT2D eigenvalue weighted by atomic mass is 10.0. The van der Waals surface area contributed by atoms with Gasteiger partial charge in [0.2, 0.25) is 0 Å². The molecule has 0 radical (unpaired) electrons. The number of nitrogens with one attached hydrogen (secondary N) is 1. The molecule has 1 aromatic carbocycles. The van der Waals surface area contributed by atoms with Crippen molar-refractivity contribution in [3.63, 3.8) is 0 Å². The number of rotatable bonds is 5. The molecule has 0 heterocycles. The first-order chi connectivity index (χ1) is 7.49. The maximum absolute atomic E-state index is 13.5. The zero-order valence-electron chi connectivity index (χ0n) is 10.1. The number of hydrogen-bond acceptors (Lipinski definition) is 1. The van der Waals surface area contributed by atoms with E-state index in [1.165, 1.54) is 6.07 Å². The topological polar surface area (TPSA) is 12.0 Å². The van der Waals surface area contributed by atoms with Crippen LogP contribution in [0.25, 0.3) is 0 Å². The number of benzene rings is 1. The van der Waals surface area contributed by atoms with Gasteiger partial charge in [-0.15, -0.1) is 0 Å². The van der Waals surface area contributed by atoms with E-state index in [-0.39, 0.29) is 5.82 Å². The first kappa shape index (κ1) is 13.5. The van der Waals surface area contributed by atoms with Gasteiger partial charge in [0.05, 0.1) is 0 Å². The molecular formula is C13H19ClFN. The average molecular weight is 244 g/mol. The molecule has 3 heteroatoms. The van der Waals surface area contributed by atoms with Crippen LogP contribution in [0.4, 0.5) is 4.39 Å². The third-order valence-corrected chi connectivity index (χ3v) is 2.69. The second-order valence-electron chi connectivity index (χ2n) is 4.61. The summed E-state index contributed by atoms with van der Waals surface area (Å²) in [6, 6.07) is 5.35. The lowest BCUT2D eigenvalue weighted by Crippen LogP contribution is -2.28. The second kappa shape index (κ2) is 6.21. The predicted octanol–water partition coefficient (Wildman–Crippen LogP) is 3.66. The molecule has 0 saturated carbocycles. The monoisotopic (exact) mass is 243 g/mol. The molecule has 0 spiro atoms. The van der Waals surface area contributed by atoms with Crippen LogP contribution in [0, 0.1) is 11.7 Å². The summed E-state index contributed by atoms with van der Waals surface area (Å²) < 4.78 is 13.5. The summed E-state index contributed by atoms with van der Waals surface area (Å²) in [5, 5.41) is 3.80. The highest BCUT2D eigenvalue weighted by atomic mass is 35.5. The van der Waals surface area contributed by atoms with Crippen LogP contribution >= 0.6 is 11.6 Å². The van der Waals surface area contributed by atoms with Gasteiger partial charge >= 0.3 is 0 Å².